The summed E-state index contributed by atoms with van der Waals surface area (Å²) in [6.45, 7) is 2.05. The summed E-state index contributed by atoms with van der Waals surface area (Å²) in [6.07, 6.45) is 6.73. The minimum Gasteiger partial charge on any atom is -0.507 e. The number of aliphatic hydroxyl groups excluding tert-OH is 1. The molecule has 0 radical (unpaired) electrons. The van der Waals surface area contributed by atoms with Gasteiger partial charge in [0.25, 0.3) is 11.8 Å². The molecule has 2 aromatic rings. The number of amidine groups is 1. The topological polar surface area (TPSA) is 126 Å². The Morgan fingerprint density at radius 2 is 1.46 bits per heavy atom. The molecule has 14 heteroatoms. The van der Waals surface area contributed by atoms with Crippen LogP contribution in [0.2, 0.25) is 0 Å². The Hall–Kier alpha value is -3.17. The van der Waals surface area contributed by atoms with Gasteiger partial charge in [0, 0.05) is 30.8 Å². The number of phenolic OH excluding ortho intramolecular Hbond substituents is 2. The summed E-state index contributed by atoms with van der Waals surface area (Å²) in [5, 5.41) is 32.9. The molecule has 3 aliphatic rings. The molecular weight excluding hydrogens is 595 g/mol. The van der Waals surface area contributed by atoms with Crippen molar-refractivity contribution >= 4 is 68.8 Å². The number of hydrogen-bond acceptors (Lipinski definition) is 10. The van der Waals surface area contributed by atoms with Gasteiger partial charge in [0.15, 0.2) is 5.17 Å². The third-order valence-corrected chi connectivity index (χ3v) is 8.86. The molecule has 0 saturated carbocycles. The van der Waals surface area contributed by atoms with Crippen LogP contribution in [0, 0.1) is 11.6 Å². The van der Waals surface area contributed by atoms with Crippen molar-refractivity contribution in [2.75, 3.05) is 32.5 Å². The number of phenols is 2. The molecule has 0 aliphatic carbocycles. The zero-order chi connectivity index (χ0) is 29.5. The number of hydrogen-bond donors (Lipinski definition) is 3. The van der Waals surface area contributed by atoms with Crippen LogP contribution in [0.4, 0.5) is 8.78 Å². The van der Waals surface area contributed by atoms with Crippen LogP contribution in [0.15, 0.2) is 56.2 Å². The molecule has 2 aromatic carbocycles. The highest BCUT2D eigenvalue weighted by molar-refractivity contribution is 8.40. The van der Waals surface area contributed by atoms with E-state index >= 15 is 0 Å². The van der Waals surface area contributed by atoms with Gasteiger partial charge in [-0.15, -0.1) is 11.8 Å². The summed E-state index contributed by atoms with van der Waals surface area (Å²) in [4.78, 5) is 32.2. The van der Waals surface area contributed by atoms with Crippen LogP contribution in [0.1, 0.15) is 24.0 Å². The van der Waals surface area contributed by atoms with Crippen LogP contribution in [-0.4, -0.2) is 79.2 Å². The van der Waals surface area contributed by atoms with Crippen molar-refractivity contribution in [2.24, 2.45) is 9.98 Å². The maximum atomic E-state index is 13.3. The van der Waals surface area contributed by atoms with Gasteiger partial charge >= 0.3 is 0 Å². The Morgan fingerprint density at radius 3 is 2.02 bits per heavy atom. The number of aromatic hydroxyl groups is 2. The number of aliphatic imine (C=N–C) groups is 2. The number of aliphatic hydroxyl groups is 1. The number of carbonyl (C=O) groups excluding carboxylic acids is 2. The van der Waals surface area contributed by atoms with Gasteiger partial charge in [-0.05, 0) is 79.4 Å². The second-order valence-corrected chi connectivity index (χ2v) is 11.8. The van der Waals surface area contributed by atoms with Crippen LogP contribution in [0.3, 0.4) is 0 Å². The highest BCUT2D eigenvalue weighted by atomic mass is 32.2. The zero-order valence-corrected chi connectivity index (χ0v) is 24.2. The SMILES string of the molecule is CSC1=NC(=O)/C(=C/c2cc(F)ccc2O)S1.O=C1N=C(N2CCCCN2CCO)S/C1=C\c1cc(F)ccc1O. The van der Waals surface area contributed by atoms with Gasteiger partial charge in [-0.3, -0.25) is 14.6 Å². The van der Waals surface area contributed by atoms with E-state index in [2.05, 4.69) is 9.98 Å². The van der Waals surface area contributed by atoms with Crippen molar-refractivity contribution in [3.8, 4) is 11.5 Å². The first-order valence-electron chi connectivity index (χ1n) is 12.4. The minimum atomic E-state index is -0.485. The average molecular weight is 621 g/mol. The number of hydrazine groups is 1. The monoisotopic (exact) mass is 620 g/mol. The molecule has 9 nitrogen and oxygen atoms in total. The normalized spacial score (nSPS) is 19.5. The van der Waals surface area contributed by atoms with E-state index in [0.29, 0.717) is 25.9 Å². The lowest BCUT2D eigenvalue weighted by atomic mass is 10.2. The number of benzene rings is 2. The standard InChI is InChI=1S/C16H18FN3O3S.C11H8FNO2S2/c17-12-3-4-13(22)11(9-12)10-14-15(23)18-16(24-14)20-6-2-1-5-19(20)7-8-21;1-16-11-13-10(15)9(17-11)5-6-4-7(12)2-3-8(6)14/h3-4,9-10,21-22H,1-2,5-8H2;2-5,14H,1H3/b14-10-;9-5-. The Kier molecular flexibility index (Phi) is 10.6. The molecule has 0 unspecified atom stereocenters. The highest BCUT2D eigenvalue weighted by Crippen LogP contribution is 2.35. The summed E-state index contributed by atoms with van der Waals surface area (Å²) in [5.41, 5.74) is 0.520. The van der Waals surface area contributed by atoms with E-state index < -0.39 is 17.5 Å². The molecule has 0 bridgehead atoms. The number of halogens is 2. The Morgan fingerprint density at radius 1 is 0.902 bits per heavy atom. The van der Waals surface area contributed by atoms with Gasteiger partial charge in [-0.2, -0.15) is 9.98 Å². The van der Waals surface area contributed by atoms with Gasteiger partial charge in [0.05, 0.1) is 16.4 Å². The number of nitrogens with zero attached hydrogens (tertiary/aromatic N) is 4. The van der Waals surface area contributed by atoms with E-state index in [1.807, 2.05) is 16.3 Å². The fourth-order valence-electron chi connectivity index (χ4n) is 3.93. The Balaban J connectivity index is 0.000000201. The largest absolute Gasteiger partial charge is 0.507 e. The van der Waals surface area contributed by atoms with E-state index in [4.69, 9.17) is 0 Å². The summed E-state index contributed by atoms with van der Waals surface area (Å²) in [5.74, 6) is -1.87. The van der Waals surface area contributed by atoms with Crippen LogP contribution in [0.25, 0.3) is 12.2 Å². The second-order valence-electron chi connectivity index (χ2n) is 8.72. The van der Waals surface area contributed by atoms with E-state index in [0.717, 1.165) is 38.1 Å². The fraction of sp³-hybridized carbons (Fsp3) is 0.259. The molecule has 0 spiro atoms. The third kappa shape index (κ3) is 7.98. The molecule has 3 N–H and O–H groups in total. The second kappa shape index (κ2) is 14.1. The molecular formula is C27H26F2N4O5S3. The lowest BCUT2D eigenvalue weighted by Crippen LogP contribution is -2.50. The first-order valence-corrected chi connectivity index (χ1v) is 15.2. The third-order valence-electron chi connectivity index (χ3n) is 5.89. The molecule has 1 saturated heterocycles. The lowest BCUT2D eigenvalue weighted by Gasteiger charge is -2.38. The summed E-state index contributed by atoms with van der Waals surface area (Å²) < 4.78 is 27.0. The van der Waals surface area contributed by atoms with E-state index in [1.165, 1.54) is 71.7 Å². The van der Waals surface area contributed by atoms with Crippen molar-refractivity contribution in [1.29, 1.82) is 0 Å². The van der Waals surface area contributed by atoms with Gasteiger partial charge < -0.3 is 15.3 Å². The maximum Gasteiger partial charge on any atom is 0.286 e. The maximum absolute atomic E-state index is 13.3. The Labute approximate surface area is 247 Å². The molecule has 0 atom stereocenters. The van der Waals surface area contributed by atoms with Crippen molar-refractivity contribution in [3.63, 3.8) is 0 Å². The predicted octanol–water partition coefficient (Wildman–Crippen LogP) is 4.67. The van der Waals surface area contributed by atoms with Crippen molar-refractivity contribution < 1.29 is 33.7 Å². The molecule has 3 heterocycles. The first-order chi connectivity index (χ1) is 19.7. The highest BCUT2D eigenvalue weighted by Gasteiger charge is 2.31. The van der Waals surface area contributed by atoms with Crippen LogP contribution >= 0.6 is 35.3 Å². The molecule has 41 heavy (non-hydrogen) atoms. The smallest absolute Gasteiger partial charge is 0.286 e. The summed E-state index contributed by atoms with van der Waals surface area (Å²) in [6, 6.07) is 7.16. The number of thioether (sulfide) groups is 3. The predicted molar refractivity (Wildman–Crippen MR) is 160 cm³/mol. The van der Waals surface area contributed by atoms with E-state index in [-0.39, 0.29) is 35.1 Å². The molecule has 0 aromatic heterocycles. The van der Waals surface area contributed by atoms with Crippen LogP contribution in [-0.2, 0) is 9.59 Å². The van der Waals surface area contributed by atoms with Gasteiger partial charge in [-0.25, -0.2) is 13.8 Å². The molecule has 2 amide bonds. The minimum absolute atomic E-state index is 0.0300. The van der Waals surface area contributed by atoms with Gasteiger partial charge in [0.1, 0.15) is 27.5 Å². The number of carbonyl (C=O) groups is 2. The molecule has 3 aliphatic heterocycles. The lowest BCUT2D eigenvalue weighted by molar-refractivity contribution is -0.114. The van der Waals surface area contributed by atoms with Gasteiger partial charge in [-0.1, -0.05) is 11.8 Å². The molecule has 1 fully saturated rings. The van der Waals surface area contributed by atoms with Crippen molar-refractivity contribution in [2.45, 2.75) is 12.8 Å². The molecule has 216 valence electrons. The first kappa shape index (κ1) is 30.8. The average Bonchev–Trinajstić information content (AvgIpc) is 3.50. The number of rotatable bonds is 4. The van der Waals surface area contributed by atoms with Crippen molar-refractivity contribution in [3.05, 3.63) is 69.0 Å². The fourth-order valence-corrected chi connectivity index (χ4v) is 6.30. The van der Waals surface area contributed by atoms with Crippen LogP contribution < -0.4 is 0 Å². The Bertz CT molecular complexity index is 1460. The summed E-state index contributed by atoms with van der Waals surface area (Å²) >= 11 is 3.79. The number of β-amino-alcohol motifs (C(OH)–C–C–N with tert-alkyl or cyclic N) is 1. The quantitative estimate of drug-likeness (QED) is 0.415. The van der Waals surface area contributed by atoms with Gasteiger partial charge in [0.2, 0.25) is 0 Å². The molecule has 5 rings (SSSR count). The summed E-state index contributed by atoms with van der Waals surface area (Å²) in [7, 11) is 0. The van der Waals surface area contributed by atoms with E-state index in [9.17, 15) is 33.7 Å². The zero-order valence-electron chi connectivity index (χ0n) is 21.8. The van der Waals surface area contributed by atoms with Crippen LogP contribution in [0.5, 0.6) is 11.5 Å². The number of amides is 2. The van der Waals surface area contributed by atoms with Crippen molar-refractivity contribution in [1.82, 2.24) is 10.0 Å². The van der Waals surface area contributed by atoms with E-state index in [1.54, 1.807) is 0 Å².